The lowest BCUT2D eigenvalue weighted by atomic mass is 9.89. The number of benzene rings is 2. The third-order valence-corrected chi connectivity index (χ3v) is 6.27. The van der Waals surface area contributed by atoms with Gasteiger partial charge in [0.05, 0.1) is 4.92 Å². The summed E-state index contributed by atoms with van der Waals surface area (Å²) in [7, 11) is 0. The van der Waals surface area contributed by atoms with Crippen molar-refractivity contribution in [3.63, 3.8) is 0 Å². The molecule has 0 spiro atoms. The van der Waals surface area contributed by atoms with Crippen LogP contribution in [0.4, 0.5) is 11.4 Å². The lowest BCUT2D eigenvalue weighted by molar-refractivity contribution is -0.384. The fourth-order valence-corrected chi connectivity index (χ4v) is 4.33. The molecule has 2 aliphatic carbocycles. The number of hydrogen-bond acceptors (Lipinski definition) is 5. The van der Waals surface area contributed by atoms with Gasteiger partial charge in [0.15, 0.2) is 0 Å². The first-order valence-corrected chi connectivity index (χ1v) is 11.1. The normalized spacial score (nSPS) is 20.4. The summed E-state index contributed by atoms with van der Waals surface area (Å²) in [4.78, 5) is 37.8. The standard InChI is InChI=1S/C24H28N4O4/c25-21-6-1-2-7-22(21)27(24(30)18-8-9-18)15-16-4-3-5-19(14-16)26-23(29)17-10-12-20(13-11-17)28(31)32/h3-5,10-14,18,21-22H,1-2,6-9,15,25H2,(H,26,29). The van der Waals surface area contributed by atoms with Crippen molar-refractivity contribution in [2.24, 2.45) is 11.7 Å². The maximum atomic E-state index is 13.0. The Morgan fingerprint density at radius 2 is 1.78 bits per heavy atom. The predicted molar refractivity (Wildman–Crippen MR) is 121 cm³/mol. The zero-order chi connectivity index (χ0) is 22.7. The van der Waals surface area contributed by atoms with Crippen molar-refractivity contribution in [2.45, 2.75) is 57.2 Å². The number of nitro groups is 1. The van der Waals surface area contributed by atoms with Crippen LogP contribution in [0.2, 0.25) is 0 Å². The van der Waals surface area contributed by atoms with Crippen molar-refractivity contribution in [1.29, 1.82) is 0 Å². The first-order valence-electron chi connectivity index (χ1n) is 11.1. The second-order valence-electron chi connectivity index (χ2n) is 8.71. The van der Waals surface area contributed by atoms with E-state index in [1.54, 1.807) is 6.07 Å². The number of carbonyl (C=O) groups is 2. The van der Waals surface area contributed by atoms with Gasteiger partial charge in [-0.25, -0.2) is 0 Å². The highest BCUT2D eigenvalue weighted by Crippen LogP contribution is 2.34. The van der Waals surface area contributed by atoms with Crippen molar-refractivity contribution in [1.82, 2.24) is 4.90 Å². The number of nitrogens with two attached hydrogens (primary N) is 1. The molecule has 8 heteroatoms. The molecule has 2 aromatic carbocycles. The molecule has 2 unspecified atom stereocenters. The Labute approximate surface area is 186 Å². The van der Waals surface area contributed by atoms with Crippen LogP contribution in [-0.2, 0) is 11.3 Å². The van der Waals surface area contributed by atoms with Crippen LogP contribution in [0.5, 0.6) is 0 Å². The Morgan fingerprint density at radius 3 is 2.44 bits per heavy atom. The Kier molecular flexibility index (Phi) is 6.50. The second kappa shape index (κ2) is 9.48. The number of hydrogen-bond donors (Lipinski definition) is 2. The highest BCUT2D eigenvalue weighted by Gasteiger charge is 2.38. The van der Waals surface area contributed by atoms with E-state index in [4.69, 9.17) is 5.73 Å². The lowest BCUT2D eigenvalue weighted by Crippen LogP contribution is -2.52. The number of nitrogens with one attached hydrogen (secondary N) is 1. The van der Waals surface area contributed by atoms with E-state index in [2.05, 4.69) is 5.32 Å². The van der Waals surface area contributed by atoms with Gasteiger partial charge in [0.1, 0.15) is 0 Å². The molecule has 168 valence electrons. The fourth-order valence-electron chi connectivity index (χ4n) is 4.33. The largest absolute Gasteiger partial charge is 0.334 e. The quantitative estimate of drug-likeness (QED) is 0.505. The molecule has 32 heavy (non-hydrogen) atoms. The van der Waals surface area contributed by atoms with E-state index < -0.39 is 4.92 Å². The first-order chi connectivity index (χ1) is 15.4. The highest BCUT2D eigenvalue weighted by molar-refractivity contribution is 6.04. The van der Waals surface area contributed by atoms with Crippen molar-refractivity contribution in [3.8, 4) is 0 Å². The average molecular weight is 437 g/mol. The Hall–Kier alpha value is -3.26. The summed E-state index contributed by atoms with van der Waals surface area (Å²) in [5.41, 5.74) is 8.19. The minimum Gasteiger partial charge on any atom is -0.334 e. The monoisotopic (exact) mass is 436 g/mol. The topological polar surface area (TPSA) is 119 Å². The van der Waals surface area contributed by atoms with Crippen LogP contribution in [0.3, 0.4) is 0 Å². The summed E-state index contributed by atoms with van der Waals surface area (Å²) < 4.78 is 0. The first kappa shape index (κ1) is 22.0. The van der Waals surface area contributed by atoms with Crippen LogP contribution in [0.15, 0.2) is 48.5 Å². The molecule has 0 aromatic heterocycles. The SMILES string of the molecule is NC1CCCCC1N(Cc1cccc(NC(=O)c2ccc([N+](=O)[O-])cc2)c1)C(=O)C1CC1. The molecular formula is C24H28N4O4. The van der Waals surface area contributed by atoms with E-state index in [9.17, 15) is 19.7 Å². The molecule has 0 aliphatic heterocycles. The molecular weight excluding hydrogens is 408 g/mol. The summed E-state index contributed by atoms with van der Waals surface area (Å²) in [6.45, 7) is 0.467. The average Bonchev–Trinajstić information content (AvgIpc) is 3.63. The summed E-state index contributed by atoms with van der Waals surface area (Å²) >= 11 is 0. The molecule has 0 radical (unpaired) electrons. The Morgan fingerprint density at radius 1 is 1.06 bits per heavy atom. The van der Waals surface area contributed by atoms with Crippen LogP contribution in [0, 0.1) is 16.0 Å². The number of non-ortho nitro benzene ring substituents is 1. The number of amides is 2. The van der Waals surface area contributed by atoms with Crippen LogP contribution in [-0.4, -0.2) is 33.7 Å². The molecule has 2 atom stereocenters. The summed E-state index contributed by atoms with van der Waals surface area (Å²) in [6, 6.07) is 13.0. The number of nitrogens with zero attached hydrogens (tertiary/aromatic N) is 2. The molecule has 2 aliphatic rings. The fraction of sp³-hybridized carbons (Fsp3) is 0.417. The third-order valence-electron chi connectivity index (χ3n) is 6.27. The van der Waals surface area contributed by atoms with Gasteiger partial charge in [-0.3, -0.25) is 19.7 Å². The number of rotatable bonds is 7. The van der Waals surface area contributed by atoms with E-state index in [1.165, 1.54) is 24.3 Å². The molecule has 2 saturated carbocycles. The van der Waals surface area contributed by atoms with E-state index in [0.717, 1.165) is 44.1 Å². The van der Waals surface area contributed by atoms with Crippen molar-refractivity contribution in [3.05, 3.63) is 69.8 Å². The van der Waals surface area contributed by atoms with E-state index in [1.807, 2.05) is 23.1 Å². The molecule has 2 aromatic rings. The van der Waals surface area contributed by atoms with Gasteiger partial charge in [-0.2, -0.15) is 0 Å². The summed E-state index contributed by atoms with van der Waals surface area (Å²) in [5.74, 6) is -0.0425. The Balaban J connectivity index is 1.47. The minimum atomic E-state index is -0.502. The van der Waals surface area contributed by atoms with Crippen molar-refractivity contribution >= 4 is 23.2 Å². The number of nitro benzene ring substituents is 1. The number of carbonyl (C=O) groups excluding carboxylic acids is 2. The van der Waals surface area contributed by atoms with Crippen LogP contribution >= 0.6 is 0 Å². The van der Waals surface area contributed by atoms with E-state index in [-0.39, 0.29) is 35.5 Å². The van der Waals surface area contributed by atoms with Crippen LogP contribution in [0.25, 0.3) is 0 Å². The van der Waals surface area contributed by atoms with Crippen molar-refractivity contribution < 1.29 is 14.5 Å². The van der Waals surface area contributed by atoms with Gasteiger partial charge >= 0.3 is 0 Å². The van der Waals surface area contributed by atoms with Crippen molar-refractivity contribution in [2.75, 3.05) is 5.32 Å². The van der Waals surface area contributed by atoms with Crippen LogP contribution < -0.4 is 11.1 Å². The van der Waals surface area contributed by atoms with Crippen LogP contribution in [0.1, 0.15) is 54.4 Å². The second-order valence-corrected chi connectivity index (χ2v) is 8.71. The van der Waals surface area contributed by atoms with Gasteiger partial charge in [0.2, 0.25) is 5.91 Å². The van der Waals surface area contributed by atoms with Gasteiger partial charge in [0.25, 0.3) is 11.6 Å². The molecule has 0 heterocycles. The number of anilines is 1. The summed E-state index contributed by atoms with van der Waals surface area (Å²) in [5, 5.41) is 13.6. The van der Waals surface area contributed by atoms with Gasteiger partial charge in [-0.1, -0.05) is 25.0 Å². The molecule has 2 amide bonds. The zero-order valence-corrected chi connectivity index (χ0v) is 17.9. The lowest BCUT2D eigenvalue weighted by Gasteiger charge is -2.38. The summed E-state index contributed by atoms with van der Waals surface area (Å²) in [6.07, 6.45) is 5.94. The molecule has 0 bridgehead atoms. The molecule has 8 nitrogen and oxygen atoms in total. The molecule has 3 N–H and O–H groups in total. The molecule has 0 saturated heterocycles. The molecule has 4 rings (SSSR count). The van der Waals surface area contributed by atoms with Gasteiger partial charge in [-0.05, 0) is 55.5 Å². The predicted octanol–water partition coefficient (Wildman–Crippen LogP) is 3.86. The zero-order valence-electron chi connectivity index (χ0n) is 17.9. The maximum absolute atomic E-state index is 13.0. The highest BCUT2D eigenvalue weighted by atomic mass is 16.6. The molecule has 2 fully saturated rings. The maximum Gasteiger partial charge on any atom is 0.269 e. The smallest absolute Gasteiger partial charge is 0.269 e. The van der Waals surface area contributed by atoms with Gasteiger partial charge < -0.3 is 16.0 Å². The van der Waals surface area contributed by atoms with E-state index in [0.29, 0.717) is 17.8 Å². The Bertz CT molecular complexity index is 1000. The minimum absolute atomic E-state index is 0.00327. The van der Waals surface area contributed by atoms with Gasteiger partial charge in [-0.15, -0.1) is 0 Å². The third kappa shape index (κ3) is 5.13. The van der Waals surface area contributed by atoms with Gasteiger partial charge in [0, 0.05) is 47.9 Å². The van der Waals surface area contributed by atoms with E-state index >= 15 is 0 Å².